The lowest BCUT2D eigenvalue weighted by atomic mass is 10.4. The van der Waals surface area contributed by atoms with Crippen LogP contribution in [0.2, 0.25) is 0 Å². The standard InChI is InChI=1S/C11H18N5O7P/c1-21-3-7(4-22-24(18,19)20)23-8(2-17)16-6-15-9-10(12)13-5-14-11(9)16/h5-8,17H,2-4H2,1H3,(H2,12,13,14)(H2,18,19,20)/t7-,8-/m0/s1. The number of aromatic nitrogens is 4. The second-order valence-corrected chi connectivity index (χ2v) is 5.96. The van der Waals surface area contributed by atoms with E-state index in [0.717, 1.165) is 0 Å². The Labute approximate surface area is 136 Å². The number of aliphatic hydroxyl groups is 1. The number of fused-ring (bicyclic) bond motifs is 1. The zero-order valence-corrected chi connectivity index (χ0v) is 13.6. The van der Waals surface area contributed by atoms with Gasteiger partial charge in [0.05, 0.1) is 26.1 Å². The maximum Gasteiger partial charge on any atom is 0.469 e. The van der Waals surface area contributed by atoms with E-state index in [1.54, 1.807) is 0 Å². The number of imidazole rings is 1. The normalized spacial score (nSPS) is 14.8. The van der Waals surface area contributed by atoms with E-state index in [1.807, 2.05) is 0 Å². The van der Waals surface area contributed by atoms with Crippen LogP contribution in [-0.2, 0) is 18.6 Å². The van der Waals surface area contributed by atoms with Crippen LogP contribution in [0.15, 0.2) is 12.7 Å². The first-order valence-corrected chi connectivity index (χ1v) is 8.27. The van der Waals surface area contributed by atoms with Crippen molar-refractivity contribution in [3.63, 3.8) is 0 Å². The average molecular weight is 363 g/mol. The molecule has 5 N–H and O–H groups in total. The third kappa shape index (κ3) is 4.68. The Morgan fingerprint density at radius 1 is 1.33 bits per heavy atom. The van der Waals surface area contributed by atoms with Crippen LogP contribution in [0.1, 0.15) is 6.23 Å². The third-order valence-corrected chi connectivity index (χ3v) is 3.47. The zero-order chi connectivity index (χ0) is 17.7. The first-order valence-electron chi connectivity index (χ1n) is 6.74. The minimum absolute atomic E-state index is 0.0136. The van der Waals surface area contributed by atoms with E-state index in [1.165, 1.54) is 24.3 Å². The number of phosphoric ester groups is 1. The molecule has 0 saturated carbocycles. The van der Waals surface area contributed by atoms with Crippen LogP contribution in [0.5, 0.6) is 0 Å². The minimum atomic E-state index is -4.66. The summed E-state index contributed by atoms with van der Waals surface area (Å²) >= 11 is 0. The molecule has 13 heteroatoms. The van der Waals surface area contributed by atoms with E-state index in [-0.39, 0.29) is 12.4 Å². The summed E-state index contributed by atoms with van der Waals surface area (Å²) in [4.78, 5) is 29.5. The van der Waals surface area contributed by atoms with Crippen molar-refractivity contribution in [2.75, 3.05) is 32.7 Å². The Balaban J connectivity index is 2.19. The smallest absolute Gasteiger partial charge is 0.392 e. The number of hydrogen-bond donors (Lipinski definition) is 4. The van der Waals surface area contributed by atoms with Gasteiger partial charge in [-0.05, 0) is 0 Å². The SMILES string of the molecule is COC[C@@H](COP(=O)(O)O)O[C@@H](CO)n1cnc2c(N)ncnc21. The van der Waals surface area contributed by atoms with Crippen molar-refractivity contribution in [3.8, 4) is 0 Å². The van der Waals surface area contributed by atoms with Gasteiger partial charge in [0.15, 0.2) is 17.7 Å². The number of nitrogens with zero attached hydrogens (tertiary/aromatic N) is 4. The molecule has 0 unspecified atom stereocenters. The summed E-state index contributed by atoms with van der Waals surface area (Å²) in [5, 5.41) is 9.59. The van der Waals surface area contributed by atoms with Crippen molar-refractivity contribution >= 4 is 24.8 Å². The molecule has 2 aromatic rings. The van der Waals surface area contributed by atoms with E-state index in [4.69, 9.17) is 25.0 Å². The molecule has 134 valence electrons. The Kier molecular flexibility index (Phi) is 6.18. The lowest BCUT2D eigenvalue weighted by Crippen LogP contribution is -2.30. The molecule has 2 atom stereocenters. The van der Waals surface area contributed by atoms with E-state index < -0.39 is 33.4 Å². The Hall–Kier alpha value is -1.66. The van der Waals surface area contributed by atoms with E-state index in [2.05, 4.69) is 19.5 Å². The van der Waals surface area contributed by atoms with Crippen LogP contribution >= 0.6 is 7.82 Å². The molecule has 2 heterocycles. The third-order valence-electron chi connectivity index (χ3n) is 2.98. The number of anilines is 1. The van der Waals surface area contributed by atoms with Gasteiger partial charge in [-0.2, -0.15) is 0 Å². The Bertz CT molecular complexity index is 720. The highest BCUT2D eigenvalue weighted by Crippen LogP contribution is 2.36. The van der Waals surface area contributed by atoms with E-state index in [9.17, 15) is 9.67 Å². The van der Waals surface area contributed by atoms with Gasteiger partial charge in [0, 0.05) is 7.11 Å². The van der Waals surface area contributed by atoms with Crippen molar-refractivity contribution in [2.24, 2.45) is 0 Å². The summed E-state index contributed by atoms with van der Waals surface area (Å²) in [5.41, 5.74) is 6.38. The summed E-state index contributed by atoms with van der Waals surface area (Å²) in [7, 11) is -3.26. The highest BCUT2D eigenvalue weighted by molar-refractivity contribution is 7.46. The molecule has 0 amide bonds. The monoisotopic (exact) mass is 363 g/mol. The molecular weight excluding hydrogens is 345 g/mol. The van der Waals surface area contributed by atoms with Crippen molar-refractivity contribution in [3.05, 3.63) is 12.7 Å². The molecule has 0 saturated heterocycles. The van der Waals surface area contributed by atoms with Crippen molar-refractivity contribution in [1.29, 1.82) is 0 Å². The van der Waals surface area contributed by atoms with Gasteiger partial charge in [-0.3, -0.25) is 9.09 Å². The number of hydrogen-bond acceptors (Lipinski definition) is 9. The molecule has 0 aliphatic carbocycles. The maximum absolute atomic E-state index is 10.8. The van der Waals surface area contributed by atoms with Crippen molar-refractivity contribution < 1.29 is 33.5 Å². The first kappa shape index (κ1) is 18.7. The number of aliphatic hydroxyl groups excluding tert-OH is 1. The number of phosphoric acid groups is 1. The van der Waals surface area contributed by atoms with Crippen molar-refractivity contribution in [2.45, 2.75) is 12.3 Å². The van der Waals surface area contributed by atoms with Crippen molar-refractivity contribution in [1.82, 2.24) is 19.5 Å². The predicted octanol–water partition coefficient (Wildman–Crippen LogP) is -0.960. The van der Waals surface area contributed by atoms with Gasteiger partial charge in [-0.15, -0.1) is 0 Å². The van der Waals surface area contributed by atoms with E-state index in [0.29, 0.717) is 11.2 Å². The van der Waals surface area contributed by atoms with E-state index >= 15 is 0 Å². The highest BCUT2D eigenvalue weighted by Gasteiger charge is 2.24. The van der Waals surface area contributed by atoms with Gasteiger partial charge in [-0.1, -0.05) is 0 Å². The molecule has 0 aliphatic heterocycles. The fourth-order valence-corrected chi connectivity index (χ4v) is 2.35. The summed E-state index contributed by atoms with van der Waals surface area (Å²) in [6.45, 7) is -0.899. The Morgan fingerprint density at radius 2 is 2.08 bits per heavy atom. The van der Waals surface area contributed by atoms with Crippen LogP contribution in [-0.4, -0.2) is 67.4 Å². The molecule has 0 fully saturated rings. The molecule has 2 rings (SSSR count). The molecular formula is C11H18N5O7P. The van der Waals surface area contributed by atoms with Gasteiger partial charge >= 0.3 is 7.82 Å². The number of ether oxygens (including phenoxy) is 2. The highest BCUT2D eigenvalue weighted by atomic mass is 31.2. The predicted molar refractivity (Wildman–Crippen MR) is 80.6 cm³/mol. The fraction of sp³-hybridized carbons (Fsp3) is 0.545. The quantitative estimate of drug-likeness (QED) is 0.404. The Morgan fingerprint density at radius 3 is 2.71 bits per heavy atom. The maximum atomic E-state index is 10.8. The average Bonchev–Trinajstić information content (AvgIpc) is 2.94. The van der Waals surface area contributed by atoms with Gasteiger partial charge in [0.1, 0.15) is 17.9 Å². The summed E-state index contributed by atoms with van der Waals surface area (Å²) in [6.07, 6.45) is 0.819. The fourth-order valence-electron chi connectivity index (χ4n) is 1.99. The van der Waals surface area contributed by atoms with Crippen LogP contribution in [0.4, 0.5) is 5.82 Å². The summed E-state index contributed by atoms with van der Waals surface area (Å²) in [5.74, 6) is 0.175. The molecule has 0 radical (unpaired) electrons. The summed E-state index contributed by atoms with van der Waals surface area (Å²) < 4.78 is 27.2. The first-order chi connectivity index (χ1) is 11.4. The molecule has 12 nitrogen and oxygen atoms in total. The summed E-state index contributed by atoms with van der Waals surface area (Å²) in [6, 6.07) is 0. The molecule has 2 aromatic heterocycles. The van der Waals surface area contributed by atoms with Crippen LogP contribution < -0.4 is 5.73 Å². The largest absolute Gasteiger partial charge is 0.469 e. The van der Waals surface area contributed by atoms with Gasteiger partial charge < -0.3 is 30.1 Å². The molecule has 0 aliphatic rings. The molecule has 0 aromatic carbocycles. The number of methoxy groups -OCH3 is 1. The topological polar surface area (TPSA) is 175 Å². The van der Waals surface area contributed by atoms with Gasteiger partial charge in [0.25, 0.3) is 0 Å². The van der Waals surface area contributed by atoms with Crippen LogP contribution in [0.3, 0.4) is 0 Å². The van der Waals surface area contributed by atoms with Crippen LogP contribution in [0.25, 0.3) is 11.2 Å². The lowest BCUT2D eigenvalue weighted by Gasteiger charge is -2.24. The lowest BCUT2D eigenvalue weighted by molar-refractivity contribution is -0.114. The number of nitrogens with two attached hydrogens (primary N) is 1. The second kappa shape index (κ2) is 7.94. The second-order valence-electron chi connectivity index (χ2n) is 4.72. The molecule has 0 bridgehead atoms. The zero-order valence-electron chi connectivity index (χ0n) is 12.7. The molecule has 24 heavy (non-hydrogen) atoms. The van der Waals surface area contributed by atoms with Gasteiger partial charge in [-0.25, -0.2) is 19.5 Å². The van der Waals surface area contributed by atoms with Gasteiger partial charge in [0.2, 0.25) is 0 Å². The molecule has 0 spiro atoms. The number of rotatable bonds is 9. The number of nitrogen functional groups attached to an aromatic ring is 1. The van der Waals surface area contributed by atoms with Crippen LogP contribution in [0, 0.1) is 0 Å². The minimum Gasteiger partial charge on any atom is -0.392 e.